The standard InChI is InChI=1S/C12H21N5O3S/c1-14(2)21(19,20)15-6-5-11-13-17(9-10-3-4-10)12(18)16(11)8-7-15/h10H,3-9H2,1-2H3. The molecule has 0 unspecified atom stereocenters. The van der Waals surface area contributed by atoms with E-state index in [0.717, 1.165) is 0 Å². The first-order valence-electron chi connectivity index (χ1n) is 7.23. The Morgan fingerprint density at radius 2 is 1.95 bits per heavy atom. The van der Waals surface area contributed by atoms with Gasteiger partial charge in [0.15, 0.2) is 0 Å². The van der Waals surface area contributed by atoms with Gasteiger partial charge < -0.3 is 0 Å². The van der Waals surface area contributed by atoms with Gasteiger partial charge in [-0.05, 0) is 18.8 Å². The van der Waals surface area contributed by atoms with Crippen LogP contribution >= 0.6 is 0 Å². The molecular weight excluding hydrogens is 294 g/mol. The summed E-state index contributed by atoms with van der Waals surface area (Å²) >= 11 is 0. The van der Waals surface area contributed by atoms with Gasteiger partial charge in [0.25, 0.3) is 10.2 Å². The Hall–Kier alpha value is -1.19. The quantitative estimate of drug-likeness (QED) is 0.722. The zero-order chi connectivity index (χ0) is 15.2. The summed E-state index contributed by atoms with van der Waals surface area (Å²) in [6, 6.07) is 0. The predicted molar refractivity (Wildman–Crippen MR) is 77.1 cm³/mol. The highest BCUT2D eigenvalue weighted by atomic mass is 32.2. The highest BCUT2D eigenvalue weighted by Gasteiger charge is 2.29. The van der Waals surface area contributed by atoms with Crippen LogP contribution in [0, 0.1) is 5.92 Å². The first-order valence-corrected chi connectivity index (χ1v) is 8.63. The Morgan fingerprint density at radius 1 is 1.24 bits per heavy atom. The molecule has 118 valence electrons. The van der Waals surface area contributed by atoms with Crippen molar-refractivity contribution in [3.05, 3.63) is 16.3 Å². The Morgan fingerprint density at radius 3 is 2.57 bits per heavy atom. The Kier molecular flexibility index (Phi) is 3.66. The smallest absolute Gasteiger partial charge is 0.278 e. The molecule has 0 radical (unpaired) electrons. The maximum Gasteiger partial charge on any atom is 0.345 e. The molecule has 0 saturated heterocycles. The van der Waals surface area contributed by atoms with Gasteiger partial charge in [-0.15, -0.1) is 0 Å². The van der Waals surface area contributed by atoms with Crippen LogP contribution in [0.4, 0.5) is 0 Å². The van der Waals surface area contributed by atoms with Crippen LogP contribution < -0.4 is 5.69 Å². The molecule has 8 nitrogen and oxygen atoms in total. The van der Waals surface area contributed by atoms with Crippen molar-refractivity contribution in [2.75, 3.05) is 27.2 Å². The SMILES string of the molecule is CN(C)S(=O)(=O)N1CCc2nn(CC3CC3)c(=O)n2CC1. The molecule has 1 aromatic rings. The van der Waals surface area contributed by atoms with E-state index in [1.165, 1.54) is 35.5 Å². The van der Waals surface area contributed by atoms with Crippen molar-refractivity contribution in [3.63, 3.8) is 0 Å². The van der Waals surface area contributed by atoms with Crippen molar-refractivity contribution in [1.29, 1.82) is 0 Å². The van der Waals surface area contributed by atoms with Crippen molar-refractivity contribution in [2.45, 2.75) is 32.4 Å². The average molecular weight is 315 g/mol. The molecule has 21 heavy (non-hydrogen) atoms. The van der Waals surface area contributed by atoms with E-state index in [0.29, 0.717) is 44.3 Å². The van der Waals surface area contributed by atoms with Gasteiger partial charge in [0.05, 0.1) is 0 Å². The number of aromatic nitrogens is 3. The third-order valence-corrected chi connectivity index (χ3v) is 6.01. The minimum atomic E-state index is -3.43. The minimum Gasteiger partial charge on any atom is -0.278 e. The third kappa shape index (κ3) is 2.77. The van der Waals surface area contributed by atoms with E-state index in [1.807, 2.05) is 0 Å². The summed E-state index contributed by atoms with van der Waals surface area (Å²) < 4.78 is 30.1. The fourth-order valence-corrected chi connectivity index (χ4v) is 3.67. The lowest BCUT2D eigenvalue weighted by atomic mass is 10.4. The van der Waals surface area contributed by atoms with Crippen LogP contribution in [0.5, 0.6) is 0 Å². The third-order valence-electron chi connectivity index (χ3n) is 4.07. The molecule has 1 saturated carbocycles. The molecule has 0 aromatic carbocycles. The fraction of sp³-hybridized carbons (Fsp3) is 0.833. The van der Waals surface area contributed by atoms with Crippen LogP contribution in [-0.2, 0) is 29.7 Å². The second-order valence-electron chi connectivity index (χ2n) is 5.92. The Labute approximate surface area is 124 Å². The lowest BCUT2D eigenvalue weighted by molar-refractivity contribution is 0.374. The number of hydrogen-bond acceptors (Lipinski definition) is 4. The van der Waals surface area contributed by atoms with Gasteiger partial charge in [0.1, 0.15) is 5.82 Å². The normalized spacial score (nSPS) is 20.5. The van der Waals surface area contributed by atoms with E-state index < -0.39 is 10.2 Å². The lowest BCUT2D eigenvalue weighted by Crippen LogP contribution is -2.42. The van der Waals surface area contributed by atoms with E-state index in [-0.39, 0.29) is 5.69 Å². The maximum absolute atomic E-state index is 12.3. The molecule has 0 atom stereocenters. The second kappa shape index (κ2) is 5.22. The van der Waals surface area contributed by atoms with Gasteiger partial charge >= 0.3 is 5.69 Å². The topological polar surface area (TPSA) is 80.4 Å². The van der Waals surface area contributed by atoms with E-state index in [9.17, 15) is 13.2 Å². The van der Waals surface area contributed by atoms with Gasteiger partial charge in [-0.3, -0.25) is 4.57 Å². The van der Waals surface area contributed by atoms with Crippen LogP contribution in [0.15, 0.2) is 4.79 Å². The molecule has 0 bridgehead atoms. The zero-order valence-electron chi connectivity index (χ0n) is 12.4. The van der Waals surface area contributed by atoms with Crippen LogP contribution in [0.2, 0.25) is 0 Å². The molecule has 9 heteroatoms. The number of nitrogens with zero attached hydrogens (tertiary/aromatic N) is 5. The zero-order valence-corrected chi connectivity index (χ0v) is 13.2. The Balaban J connectivity index is 1.80. The summed E-state index contributed by atoms with van der Waals surface area (Å²) in [6.07, 6.45) is 2.81. The van der Waals surface area contributed by atoms with Gasteiger partial charge in [0, 0.05) is 46.7 Å². The molecule has 2 aliphatic rings. The molecule has 0 spiro atoms. The first kappa shape index (κ1) is 14.7. The summed E-state index contributed by atoms with van der Waals surface area (Å²) in [5.41, 5.74) is -0.110. The summed E-state index contributed by atoms with van der Waals surface area (Å²) in [5, 5.41) is 4.38. The van der Waals surface area contributed by atoms with E-state index in [4.69, 9.17) is 0 Å². The second-order valence-corrected chi connectivity index (χ2v) is 8.06. The molecule has 1 aliphatic carbocycles. The van der Waals surface area contributed by atoms with Crippen LogP contribution in [0.1, 0.15) is 18.7 Å². The molecule has 1 fully saturated rings. The van der Waals surface area contributed by atoms with E-state index >= 15 is 0 Å². The molecule has 3 rings (SSSR count). The number of fused-ring (bicyclic) bond motifs is 1. The number of rotatable bonds is 4. The molecule has 1 aromatic heterocycles. The fourth-order valence-electron chi connectivity index (χ4n) is 2.57. The highest BCUT2D eigenvalue weighted by molar-refractivity contribution is 7.86. The lowest BCUT2D eigenvalue weighted by Gasteiger charge is -2.23. The van der Waals surface area contributed by atoms with Crippen LogP contribution in [0.25, 0.3) is 0 Å². The molecular formula is C12H21N5O3S. The minimum absolute atomic E-state index is 0.110. The van der Waals surface area contributed by atoms with Gasteiger partial charge in [-0.2, -0.15) is 22.1 Å². The molecule has 0 amide bonds. The van der Waals surface area contributed by atoms with E-state index in [1.54, 1.807) is 9.25 Å². The summed E-state index contributed by atoms with van der Waals surface area (Å²) in [7, 11) is -0.404. The summed E-state index contributed by atoms with van der Waals surface area (Å²) in [5.74, 6) is 1.28. The highest BCUT2D eigenvalue weighted by Crippen LogP contribution is 2.29. The van der Waals surface area contributed by atoms with Gasteiger partial charge in [-0.1, -0.05) is 0 Å². The summed E-state index contributed by atoms with van der Waals surface area (Å²) in [6.45, 7) is 1.73. The van der Waals surface area contributed by atoms with Crippen molar-refractivity contribution < 1.29 is 8.42 Å². The van der Waals surface area contributed by atoms with Gasteiger partial charge in [-0.25, -0.2) is 9.48 Å². The predicted octanol–water partition coefficient (Wildman–Crippen LogP) is -0.881. The monoisotopic (exact) mass is 315 g/mol. The van der Waals surface area contributed by atoms with Crippen molar-refractivity contribution in [3.8, 4) is 0 Å². The average Bonchev–Trinajstić information content (AvgIpc) is 3.20. The van der Waals surface area contributed by atoms with Crippen LogP contribution in [0.3, 0.4) is 0 Å². The Bertz CT molecular complexity index is 686. The number of hydrogen-bond donors (Lipinski definition) is 0. The maximum atomic E-state index is 12.3. The van der Waals surface area contributed by atoms with Crippen LogP contribution in [-0.4, -0.2) is 58.6 Å². The summed E-state index contributed by atoms with van der Waals surface area (Å²) in [4.78, 5) is 12.3. The molecule has 2 heterocycles. The molecule has 1 aliphatic heterocycles. The van der Waals surface area contributed by atoms with Crippen molar-refractivity contribution >= 4 is 10.2 Å². The molecule has 0 N–H and O–H groups in total. The van der Waals surface area contributed by atoms with Crippen molar-refractivity contribution in [2.24, 2.45) is 5.92 Å². The first-order chi connectivity index (χ1) is 9.89. The largest absolute Gasteiger partial charge is 0.345 e. The van der Waals surface area contributed by atoms with E-state index in [2.05, 4.69) is 5.10 Å². The van der Waals surface area contributed by atoms with Crippen molar-refractivity contribution in [1.82, 2.24) is 23.0 Å². The van der Waals surface area contributed by atoms with Gasteiger partial charge in [0.2, 0.25) is 0 Å².